The highest BCUT2D eigenvalue weighted by Crippen LogP contribution is 2.18. The Morgan fingerprint density at radius 1 is 1.10 bits per heavy atom. The molecule has 0 radical (unpaired) electrons. The summed E-state index contributed by atoms with van der Waals surface area (Å²) in [7, 11) is 0. The van der Waals surface area contributed by atoms with Gasteiger partial charge >= 0.3 is 0 Å². The normalized spacial score (nSPS) is 21.9. The van der Waals surface area contributed by atoms with Crippen LogP contribution in [-0.2, 0) is 0 Å². The zero-order valence-corrected chi connectivity index (χ0v) is 13.2. The Balaban J connectivity index is 1.34. The summed E-state index contributed by atoms with van der Waals surface area (Å²) in [5.74, 6) is 1.20. The molecule has 2 heterocycles. The first-order valence-electron chi connectivity index (χ1n) is 7.68. The summed E-state index contributed by atoms with van der Waals surface area (Å²) in [5.41, 5.74) is 1.34. The second-order valence-electron chi connectivity index (χ2n) is 5.85. The van der Waals surface area contributed by atoms with Crippen molar-refractivity contribution in [3.63, 3.8) is 0 Å². The Morgan fingerprint density at radius 3 is 2.40 bits per heavy atom. The van der Waals surface area contributed by atoms with Gasteiger partial charge in [0, 0.05) is 62.5 Å². The predicted octanol–water partition coefficient (Wildman–Crippen LogP) is 1.68. The third-order valence-corrected chi connectivity index (χ3v) is 5.37. The lowest BCUT2D eigenvalue weighted by Gasteiger charge is -2.43. The summed E-state index contributed by atoms with van der Waals surface area (Å²) in [6, 6.07) is 9.70. The molecule has 2 saturated heterocycles. The molecular weight excluding hydrogens is 266 g/mol. The van der Waals surface area contributed by atoms with Crippen LogP contribution in [-0.4, -0.2) is 67.4 Å². The van der Waals surface area contributed by atoms with Gasteiger partial charge in [0.05, 0.1) is 0 Å². The van der Waals surface area contributed by atoms with E-state index in [0.29, 0.717) is 0 Å². The molecule has 0 aliphatic carbocycles. The third kappa shape index (κ3) is 3.76. The predicted molar refractivity (Wildman–Crippen MR) is 86.6 cm³/mol. The van der Waals surface area contributed by atoms with Gasteiger partial charge in [0.15, 0.2) is 0 Å². The maximum atomic E-state index is 3.37. The highest BCUT2D eigenvalue weighted by Gasteiger charge is 2.27. The number of thioether (sulfide) groups is 1. The summed E-state index contributed by atoms with van der Waals surface area (Å²) in [6.07, 6.45) is 0. The van der Waals surface area contributed by atoms with E-state index < -0.39 is 0 Å². The van der Waals surface area contributed by atoms with Crippen molar-refractivity contribution < 1.29 is 0 Å². The van der Waals surface area contributed by atoms with E-state index in [0.717, 1.165) is 6.04 Å². The lowest BCUT2D eigenvalue weighted by molar-refractivity contribution is 0.0759. The Bertz CT molecular complexity index is 408. The van der Waals surface area contributed by atoms with Crippen molar-refractivity contribution in [1.82, 2.24) is 15.1 Å². The highest BCUT2D eigenvalue weighted by molar-refractivity contribution is 7.99. The third-order valence-electron chi connectivity index (χ3n) is 4.38. The van der Waals surface area contributed by atoms with E-state index in [2.05, 4.69) is 46.3 Å². The molecule has 0 atom stereocenters. The number of aryl methyl sites for hydroxylation is 1. The van der Waals surface area contributed by atoms with Crippen LogP contribution >= 0.6 is 11.8 Å². The van der Waals surface area contributed by atoms with Gasteiger partial charge in [-0.05, 0) is 19.1 Å². The number of benzene rings is 1. The lowest BCUT2D eigenvalue weighted by Crippen LogP contribution is -2.61. The second-order valence-corrected chi connectivity index (χ2v) is 7.02. The Morgan fingerprint density at radius 2 is 1.80 bits per heavy atom. The van der Waals surface area contributed by atoms with E-state index in [-0.39, 0.29) is 0 Å². The zero-order valence-electron chi connectivity index (χ0n) is 12.3. The highest BCUT2D eigenvalue weighted by atomic mass is 32.2. The largest absolute Gasteiger partial charge is 0.314 e. The molecule has 1 N–H and O–H groups in total. The monoisotopic (exact) mass is 291 g/mol. The van der Waals surface area contributed by atoms with Crippen LogP contribution in [0.4, 0.5) is 0 Å². The fourth-order valence-electron chi connectivity index (χ4n) is 2.81. The fraction of sp³-hybridized carbons (Fsp3) is 0.625. The minimum Gasteiger partial charge on any atom is -0.314 e. The number of hydrogen-bond donors (Lipinski definition) is 1. The van der Waals surface area contributed by atoms with Crippen molar-refractivity contribution >= 4 is 11.8 Å². The topological polar surface area (TPSA) is 18.5 Å². The molecule has 110 valence electrons. The second kappa shape index (κ2) is 6.94. The quantitative estimate of drug-likeness (QED) is 0.832. The molecule has 0 unspecified atom stereocenters. The van der Waals surface area contributed by atoms with Gasteiger partial charge in [-0.25, -0.2) is 0 Å². The number of piperazine rings is 1. The number of nitrogens with zero attached hydrogens (tertiary/aromatic N) is 2. The maximum Gasteiger partial charge on any atom is 0.0346 e. The summed E-state index contributed by atoms with van der Waals surface area (Å²) >= 11 is 1.98. The first kappa shape index (κ1) is 14.4. The molecule has 0 saturated carbocycles. The van der Waals surface area contributed by atoms with Gasteiger partial charge in [-0.1, -0.05) is 17.7 Å². The SMILES string of the molecule is Cc1ccc(SCCN2CCN(C3CNC3)CC2)cc1. The van der Waals surface area contributed by atoms with Gasteiger partial charge in [0.1, 0.15) is 0 Å². The fourth-order valence-corrected chi connectivity index (χ4v) is 3.72. The molecule has 0 spiro atoms. The number of nitrogens with one attached hydrogen (secondary N) is 1. The number of hydrogen-bond acceptors (Lipinski definition) is 4. The standard InChI is InChI=1S/C16H25N3S/c1-14-2-4-16(5-3-14)20-11-10-18-6-8-19(9-7-18)15-12-17-13-15/h2-5,15,17H,6-13H2,1H3. The molecule has 2 aliphatic heterocycles. The summed E-state index contributed by atoms with van der Waals surface area (Å²) < 4.78 is 0. The summed E-state index contributed by atoms with van der Waals surface area (Å²) in [5, 5.41) is 3.37. The zero-order chi connectivity index (χ0) is 13.8. The molecule has 3 rings (SSSR count). The molecule has 3 nitrogen and oxygen atoms in total. The van der Waals surface area contributed by atoms with Gasteiger partial charge in [-0.15, -0.1) is 11.8 Å². The van der Waals surface area contributed by atoms with Crippen LogP contribution in [0.1, 0.15) is 5.56 Å². The molecule has 2 fully saturated rings. The summed E-state index contributed by atoms with van der Waals surface area (Å²) in [4.78, 5) is 6.67. The lowest BCUT2D eigenvalue weighted by atomic mass is 10.1. The van der Waals surface area contributed by atoms with E-state index in [1.54, 1.807) is 0 Å². The Labute approximate surface area is 126 Å². The molecule has 1 aromatic rings. The molecule has 1 aromatic carbocycles. The van der Waals surface area contributed by atoms with E-state index in [4.69, 9.17) is 0 Å². The van der Waals surface area contributed by atoms with Crippen molar-refractivity contribution in [2.75, 3.05) is 51.6 Å². The van der Waals surface area contributed by atoms with Gasteiger partial charge in [0.2, 0.25) is 0 Å². The Hall–Kier alpha value is -0.550. The van der Waals surface area contributed by atoms with Gasteiger partial charge in [-0.2, -0.15) is 0 Å². The van der Waals surface area contributed by atoms with Crippen molar-refractivity contribution in [3.05, 3.63) is 29.8 Å². The molecule has 0 amide bonds. The van der Waals surface area contributed by atoms with Crippen LogP contribution in [0.2, 0.25) is 0 Å². The van der Waals surface area contributed by atoms with Crippen molar-refractivity contribution in [2.45, 2.75) is 17.9 Å². The van der Waals surface area contributed by atoms with Crippen LogP contribution in [0.3, 0.4) is 0 Å². The molecule has 4 heteroatoms. The van der Waals surface area contributed by atoms with Crippen LogP contribution in [0.15, 0.2) is 29.2 Å². The van der Waals surface area contributed by atoms with E-state index in [1.165, 1.54) is 62.0 Å². The van der Waals surface area contributed by atoms with Crippen LogP contribution in [0.5, 0.6) is 0 Å². The first-order chi connectivity index (χ1) is 9.81. The van der Waals surface area contributed by atoms with E-state index >= 15 is 0 Å². The minimum atomic E-state index is 0.819. The van der Waals surface area contributed by atoms with Crippen molar-refractivity contribution in [2.24, 2.45) is 0 Å². The number of rotatable bonds is 5. The first-order valence-corrected chi connectivity index (χ1v) is 8.66. The average Bonchev–Trinajstić information content (AvgIpc) is 2.41. The average molecular weight is 291 g/mol. The molecule has 0 aromatic heterocycles. The smallest absolute Gasteiger partial charge is 0.0346 e. The van der Waals surface area contributed by atoms with E-state index in [1.807, 2.05) is 11.8 Å². The van der Waals surface area contributed by atoms with Crippen LogP contribution < -0.4 is 5.32 Å². The van der Waals surface area contributed by atoms with Crippen molar-refractivity contribution in [1.29, 1.82) is 0 Å². The van der Waals surface area contributed by atoms with Gasteiger partial charge in [0.25, 0.3) is 0 Å². The maximum absolute atomic E-state index is 3.37. The van der Waals surface area contributed by atoms with Crippen LogP contribution in [0.25, 0.3) is 0 Å². The van der Waals surface area contributed by atoms with Gasteiger partial charge < -0.3 is 5.32 Å². The minimum absolute atomic E-state index is 0.819. The Kier molecular flexibility index (Phi) is 4.99. The van der Waals surface area contributed by atoms with E-state index in [9.17, 15) is 0 Å². The summed E-state index contributed by atoms with van der Waals surface area (Å²) in [6.45, 7) is 10.7. The van der Waals surface area contributed by atoms with Crippen molar-refractivity contribution in [3.8, 4) is 0 Å². The molecular formula is C16H25N3S. The molecule has 2 aliphatic rings. The van der Waals surface area contributed by atoms with Gasteiger partial charge in [-0.3, -0.25) is 9.80 Å². The molecule has 0 bridgehead atoms. The molecule has 20 heavy (non-hydrogen) atoms. The van der Waals surface area contributed by atoms with Crippen LogP contribution in [0, 0.1) is 6.92 Å².